The fourth-order valence-corrected chi connectivity index (χ4v) is 3.45. The summed E-state index contributed by atoms with van der Waals surface area (Å²) in [5, 5.41) is 4.21. The number of benzene rings is 1. The molecule has 0 spiro atoms. The van der Waals surface area contributed by atoms with Gasteiger partial charge in [0.05, 0.1) is 5.60 Å². The Hall–Kier alpha value is -1.81. The molecule has 0 unspecified atom stereocenters. The predicted octanol–water partition coefficient (Wildman–Crippen LogP) is 3.91. The van der Waals surface area contributed by atoms with E-state index in [0.29, 0.717) is 12.6 Å². The van der Waals surface area contributed by atoms with Gasteiger partial charge in [0.25, 0.3) is 5.91 Å². The zero-order valence-corrected chi connectivity index (χ0v) is 14.4. The Morgan fingerprint density at radius 2 is 2.13 bits per heavy atom. The van der Waals surface area contributed by atoms with Crippen molar-refractivity contribution in [1.82, 2.24) is 9.88 Å². The molecule has 1 amide bonds. The minimum absolute atomic E-state index is 0.0137. The molecular formula is C19H26N2O2. The summed E-state index contributed by atoms with van der Waals surface area (Å²) in [5.41, 5.74) is 1.70. The number of fused-ring (bicyclic) bond motifs is 1. The number of aromatic nitrogens is 1. The SMILES string of the molecule is CC(C)n1ccc2c(C(=O)N[C@H]3CCOC(C)(C)C3)cccc21. The first kappa shape index (κ1) is 16.1. The molecule has 1 aliphatic heterocycles. The molecule has 1 fully saturated rings. The van der Waals surface area contributed by atoms with Crippen LogP contribution in [0, 0.1) is 0 Å². The first-order chi connectivity index (χ1) is 10.9. The van der Waals surface area contributed by atoms with E-state index in [1.54, 1.807) is 0 Å². The van der Waals surface area contributed by atoms with Crippen LogP contribution in [-0.4, -0.2) is 28.7 Å². The number of ether oxygens (including phenoxy) is 1. The van der Waals surface area contributed by atoms with Gasteiger partial charge in [0.2, 0.25) is 0 Å². The van der Waals surface area contributed by atoms with Crippen LogP contribution in [0.1, 0.15) is 56.9 Å². The van der Waals surface area contributed by atoms with Gasteiger partial charge in [-0.3, -0.25) is 4.79 Å². The summed E-state index contributed by atoms with van der Waals surface area (Å²) in [5.74, 6) is 0.0137. The molecule has 4 nitrogen and oxygen atoms in total. The molecule has 3 rings (SSSR count). The second kappa shape index (κ2) is 6.00. The van der Waals surface area contributed by atoms with Crippen LogP contribution in [-0.2, 0) is 4.74 Å². The second-order valence-electron chi connectivity index (χ2n) is 7.33. The maximum Gasteiger partial charge on any atom is 0.252 e. The van der Waals surface area contributed by atoms with E-state index in [-0.39, 0.29) is 17.6 Å². The quantitative estimate of drug-likeness (QED) is 0.933. The maximum absolute atomic E-state index is 12.8. The summed E-state index contributed by atoms with van der Waals surface area (Å²) in [6.45, 7) is 9.15. The van der Waals surface area contributed by atoms with Crippen molar-refractivity contribution in [2.75, 3.05) is 6.61 Å². The number of carbonyl (C=O) groups excluding carboxylic acids is 1. The Kier molecular flexibility index (Phi) is 4.19. The van der Waals surface area contributed by atoms with Crippen LogP contribution in [0.25, 0.3) is 10.9 Å². The van der Waals surface area contributed by atoms with Crippen LogP contribution >= 0.6 is 0 Å². The zero-order valence-electron chi connectivity index (χ0n) is 14.4. The highest BCUT2D eigenvalue weighted by atomic mass is 16.5. The fraction of sp³-hybridized carbons (Fsp3) is 0.526. The van der Waals surface area contributed by atoms with Gasteiger partial charge in [-0.2, -0.15) is 0 Å². The summed E-state index contributed by atoms with van der Waals surface area (Å²) in [7, 11) is 0. The first-order valence-corrected chi connectivity index (χ1v) is 8.42. The number of hydrogen-bond donors (Lipinski definition) is 1. The molecule has 1 aromatic carbocycles. The molecule has 2 heterocycles. The average Bonchev–Trinajstić information content (AvgIpc) is 2.89. The van der Waals surface area contributed by atoms with E-state index in [0.717, 1.165) is 29.3 Å². The van der Waals surface area contributed by atoms with Crippen LogP contribution < -0.4 is 5.32 Å². The van der Waals surface area contributed by atoms with Gasteiger partial charge in [-0.05, 0) is 58.7 Å². The van der Waals surface area contributed by atoms with Crippen LogP contribution in [0.15, 0.2) is 30.5 Å². The standard InChI is InChI=1S/C19H26N2O2/c1-13(2)21-10-8-15-16(6-5-7-17(15)21)18(22)20-14-9-11-23-19(3,4)12-14/h5-8,10,13-14H,9,11-12H2,1-4H3,(H,20,22)/t14-/m0/s1. The van der Waals surface area contributed by atoms with Crippen molar-refractivity contribution in [3.05, 3.63) is 36.0 Å². The van der Waals surface area contributed by atoms with Crippen molar-refractivity contribution in [3.63, 3.8) is 0 Å². The van der Waals surface area contributed by atoms with Crippen molar-refractivity contribution in [2.45, 2.75) is 58.2 Å². The van der Waals surface area contributed by atoms with Crippen molar-refractivity contribution in [1.29, 1.82) is 0 Å². The minimum atomic E-state index is -0.164. The lowest BCUT2D eigenvalue weighted by molar-refractivity contribution is -0.0615. The van der Waals surface area contributed by atoms with E-state index in [4.69, 9.17) is 4.74 Å². The van der Waals surface area contributed by atoms with E-state index in [1.165, 1.54) is 0 Å². The van der Waals surface area contributed by atoms with Crippen LogP contribution in [0.4, 0.5) is 0 Å². The summed E-state index contributed by atoms with van der Waals surface area (Å²) in [6, 6.07) is 8.54. The molecule has 0 aliphatic carbocycles. The predicted molar refractivity (Wildman–Crippen MR) is 92.8 cm³/mol. The van der Waals surface area contributed by atoms with Gasteiger partial charge < -0.3 is 14.6 Å². The van der Waals surface area contributed by atoms with Gasteiger partial charge in [0.1, 0.15) is 0 Å². The van der Waals surface area contributed by atoms with Crippen LogP contribution in [0.5, 0.6) is 0 Å². The normalized spacial score (nSPS) is 20.8. The van der Waals surface area contributed by atoms with Crippen molar-refractivity contribution < 1.29 is 9.53 Å². The lowest BCUT2D eigenvalue weighted by Gasteiger charge is -2.35. The lowest BCUT2D eigenvalue weighted by Crippen LogP contribution is -2.45. The smallest absolute Gasteiger partial charge is 0.252 e. The first-order valence-electron chi connectivity index (χ1n) is 8.42. The molecule has 1 aliphatic rings. The van der Waals surface area contributed by atoms with Gasteiger partial charge in [-0.15, -0.1) is 0 Å². The highest BCUT2D eigenvalue weighted by molar-refractivity contribution is 6.06. The Bertz CT molecular complexity index is 715. The molecule has 0 saturated carbocycles. The van der Waals surface area contributed by atoms with E-state index in [9.17, 15) is 4.79 Å². The van der Waals surface area contributed by atoms with E-state index in [1.807, 2.05) is 18.2 Å². The lowest BCUT2D eigenvalue weighted by atomic mass is 9.93. The number of carbonyl (C=O) groups is 1. The molecule has 4 heteroatoms. The Balaban J connectivity index is 1.84. The summed E-state index contributed by atoms with van der Waals surface area (Å²) in [6.07, 6.45) is 3.78. The molecule has 0 bridgehead atoms. The van der Waals surface area contributed by atoms with E-state index in [2.05, 4.69) is 49.8 Å². The summed E-state index contributed by atoms with van der Waals surface area (Å²) < 4.78 is 7.93. The number of nitrogens with one attached hydrogen (secondary N) is 1. The zero-order chi connectivity index (χ0) is 16.6. The highest BCUT2D eigenvalue weighted by Crippen LogP contribution is 2.26. The van der Waals surface area contributed by atoms with Gasteiger partial charge in [-0.25, -0.2) is 0 Å². The molecule has 1 aromatic heterocycles. The molecule has 23 heavy (non-hydrogen) atoms. The number of rotatable bonds is 3. The molecule has 1 atom stereocenters. The monoisotopic (exact) mass is 314 g/mol. The largest absolute Gasteiger partial charge is 0.375 e. The average molecular weight is 314 g/mol. The molecule has 124 valence electrons. The topological polar surface area (TPSA) is 43.3 Å². The fourth-order valence-electron chi connectivity index (χ4n) is 3.45. The van der Waals surface area contributed by atoms with Crippen molar-refractivity contribution in [3.8, 4) is 0 Å². The maximum atomic E-state index is 12.8. The van der Waals surface area contributed by atoms with Gasteiger partial charge in [-0.1, -0.05) is 6.07 Å². The van der Waals surface area contributed by atoms with Crippen LogP contribution in [0.2, 0.25) is 0 Å². The van der Waals surface area contributed by atoms with Crippen LogP contribution in [0.3, 0.4) is 0 Å². The number of amides is 1. The number of nitrogens with zero attached hydrogens (tertiary/aromatic N) is 1. The van der Waals surface area contributed by atoms with Gasteiger partial charge in [0, 0.05) is 41.4 Å². The Morgan fingerprint density at radius 3 is 2.83 bits per heavy atom. The van der Waals surface area contributed by atoms with Gasteiger partial charge >= 0.3 is 0 Å². The Morgan fingerprint density at radius 1 is 1.35 bits per heavy atom. The third kappa shape index (κ3) is 3.27. The van der Waals surface area contributed by atoms with E-state index >= 15 is 0 Å². The van der Waals surface area contributed by atoms with Crippen molar-refractivity contribution >= 4 is 16.8 Å². The Labute approximate surface area is 137 Å². The molecule has 1 saturated heterocycles. The third-order valence-electron chi connectivity index (χ3n) is 4.60. The number of hydrogen-bond acceptors (Lipinski definition) is 2. The molecule has 1 N–H and O–H groups in total. The van der Waals surface area contributed by atoms with Crippen molar-refractivity contribution in [2.24, 2.45) is 0 Å². The second-order valence-corrected chi connectivity index (χ2v) is 7.33. The highest BCUT2D eigenvalue weighted by Gasteiger charge is 2.30. The summed E-state index contributed by atoms with van der Waals surface area (Å²) >= 11 is 0. The van der Waals surface area contributed by atoms with Gasteiger partial charge in [0.15, 0.2) is 0 Å². The minimum Gasteiger partial charge on any atom is -0.375 e. The van der Waals surface area contributed by atoms with E-state index < -0.39 is 0 Å². The molecule has 2 aromatic rings. The third-order valence-corrected chi connectivity index (χ3v) is 4.60. The molecular weight excluding hydrogens is 288 g/mol. The summed E-state index contributed by atoms with van der Waals surface area (Å²) in [4.78, 5) is 12.8. The molecule has 0 radical (unpaired) electrons.